The van der Waals surface area contributed by atoms with Gasteiger partial charge in [0.2, 0.25) is 11.9 Å². The van der Waals surface area contributed by atoms with Crippen molar-refractivity contribution in [2.45, 2.75) is 19.3 Å². The lowest BCUT2D eigenvalue weighted by atomic mass is 9.87. The van der Waals surface area contributed by atoms with Crippen LogP contribution < -0.4 is 11.1 Å². The topological polar surface area (TPSA) is 80.9 Å². The molecule has 1 aliphatic heterocycles. The Hall–Kier alpha value is -2.43. The number of hydrogen-bond acceptors (Lipinski definition) is 4. The molecule has 1 unspecified atom stereocenters. The SMILES string of the molecule is Cc1ccccc1C1Cc2cnc(N)nc2NC1=O. The van der Waals surface area contributed by atoms with Crippen LogP contribution in [0.2, 0.25) is 0 Å². The van der Waals surface area contributed by atoms with E-state index in [1.165, 1.54) is 0 Å². The first kappa shape index (κ1) is 11.6. The fourth-order valence-corrected chi connectivity index (χ4v) is 2.42. The maximum atomic E-state index is 12.2. The van der Waals surface area contributed by atoms with Crippen molar-refractivity contribution in [1.29, 1.82) is 0 Å². The van der Waals surface area contributed by atoms with Gasteiger partial charge in [-0.15, -0.1) is 0 Å². The monoisotopic (exact) mass is 254 g/mol. The molecule has 1 atom stereocenters. The molecule has 1 aromatic heterocycles. The minimum Gasteiger partial charge on any atom is -0.368 e. The van der Waals surface area contributed by atoms with Crippen LogP contribution in [0.1, 0.15) is 22.6 Å². The highest BCUT2D eigenvalue weighted by atomic mass is 16.2. The molecular weight excluding hydrogens is 240 g/mol. The Kier molecular flexibility index (Phi) is 2.67. The van der Waals surface area contributed by atoms with Gasteiger partial charge in [0.15, 0.2) is 0 Å². The van der Waals surface area contributed by atoms with Crippen molar-refractivity contribution in [2.24, 2.45) is 0 Å². The van der Waals surface area contributed by atoms with Gasteiger partial charge >= 0.3 is 0 Å². The molecule has 0 fully saturated rings. The minimum atomic E-state index is -0.194. The van der Waals surface area contributed by atoms with Gasteiger partial charge in [-0.1, -0.05) is 24.3 Å². The second kappa shape index (κ2) is 4.35. The van der Waals surface area contributed by atoms with E-state index in [4.69, 9.17) is 5.73 Å². The molecule has 1 aliphatic rings. The van der Waals surface area contributed by atoms with E-state index in [1.54, 1.807) is 6.20 Å². The average Bonchev–Trinajstić information content (AvgIpc) is 2.39. The highest BCUT2D eigenvalue weighted by molar-refractivity contribution is 5.98. The number of aromatic nitrogens is 2. The summed E-state index contributed by atoms with van der Waals surface area (Å²) in [5.41, 5.74) is 8.60. The van der Waals surface area contributed by atoms with E-state index in [-0.39, 0.29) is 17.8 Å². The molecule has 3 rings (SSSR count). The van der Waals surface area contributed by atoms with Gasteiger partial charge in [0, 0.05) is 11.8 Å². The number of nitrogens with zero attached hydrogens (tertiary/aromatic N) is 2. The molecule has 0 aliphatic carbocycles. The summed E-state index contributed by atoms with van der Waals surface area (Å²) < 4.78 is 0. The van der Waals surface area contributed by atoms with Crippen molar-refractivity contribution < 1.29 is 4.79 Å². The lowest BCUT2D eigenvalue weighted by molar-refractivity contribution is -0.117. The lowest BCUT2D eigenvalue weighted by Gasteiger charge is -2.24. The third-order valence-corrected chi connectivity index (χ3v) is 3.43. The van der Waals surface area contributed by atoms with Gasteiger partial charge in [-0.2, -0.15) is 4.98 Å². The maximum Gasteiger partial charge on any atom is 0.233 e. The molecule has 1 aromatic carbocycles. The predicted molar refractivity (Wildman–Crippen MR) is 72.7 cm³/mol. The van der Waals surface area contributed by atoms with E-state index >= 15 is 0 Å². The molecule has 0 saturated carbocycles. The van der Waals surface area contributed by atoms with Gasteiger partial charge in [-0.05, 0) is 24.5 Å². The third kappa shape index (κ3) is 2.03. The molecule has 0 saturated heterocycles. The molecule has 3 N–H and O–H groups in total. The standard InChI is InChI=1S/C14H14N4O/c1-8-4-2-3-5-10(8)11-6-9-7-16-14(15)18-12(9)17-13(11)19/h2-5,7,11H,6H2,1H3,(H3,15,16,17,18,19). The van der Waals surface area contributed by atoms with E-state index in [2.05, 4.69) is 15.3 Å². The molecule has 2 aromatic rings. The molecule has 1 amide bonds. The highest BCUT2D eigenvalue weighted by Crippen LogP contribution is 2.31. The zero-order valence-electron chi connectivity index (χ0n) is 10.6. The van der Waals surface area contributed by atoms with Crippen LogP contribution in [0.3, 0.4) is 0 Å². The van der Waals surface area contributed by atoms with Crippen molar-refractivity contribution in [3.8, 4) is 0 Å². The summed E-state index contributed by atoms with van der Waals surface area (Å²) in [5.74, 6) is 0.469. The number of anilines is 2. The lowest BCUT2D eigenvalue weighted by Crippen LogP contribution is -2.29. The normalized spacial score (nSPS) is 17.7. The van der Waals surface area contributed by atoms with Crippen LogP contribution in [-0.4, -0.2) is 15.9 Å². The summed E-state index contributed by atoms with van der Waals surface area (Å²) in [6, 6.07) is 7.92. The zero-order valence-corrected chi connectivity index (χ0v) is 10.6. The van der Waals surface area contributed by atoms with Crippen LogP contribution in [0.25, 0.3) is 0 Å². The molecule has 0 radical (unpaired) electrons. The number of fused-ring (bicyclic) bond motifs is 1. The third-order valence-electron chi connectivity index (χ3n) is 3.43. The number of hydrogen-bond donors (Lipinski definition) is 2. The number of carbonyl (C=O) groups excluding carboxylic acids is 1. The van der Waals surface area contributed by atoms with E-state index in [1.807, 2.05) is 31.2 Å². The Morgan fingerprint density at radius 3 is 2.95 bits per heavy atom. The number of nitrogens with one attached hydrogen (secondary N) is 1. The van der Waals surface area contributed by atoms with Crippen LogP contribution in [-0.2, 0) is 11.2 Å². The summed E-state index contributed by atoms with van der Waals surface area (Å²) in [7, 11) is 0. The van der Waals surface area contributed by atoms with Crippen molar-refractivity contribution in [3.63, 3.8) is 0 Å². The Labute approximate surface area is 110 Å². The fourth-order valence-electron chi connectivity index (χ4n) is 2.42. The summed E-state index contributed by atoms with van der Waals surface area (Å²) in [5, 5.41) is 2.81. The second-order valence-electron chi connectivity index (χ2n) is 4.70. The summed E-state index contributed by atoms with van der Waals surface area (Å²) in [6.45, 7) is 2.01. The van der Waals surface area contributed by atoms with Crippen molar-refractivity contribution in [2.75, 3.05) is 11.1 Å². The Morgan fingerprint density at radius 1 is 1.37 bits per heavy atom. The number of nitrogen functional groups attached to an aromatic ring is 1. The number of aryl methyl sites for hydroxylation is 1. The van der Waals surface area contributed by atoms with E-state index in [0.717, 1.165) is 16.7 Å². The molecule has 19 heavy (non-hydrogen) atoms. The Bertz CT molecular complexity index is 654. The molecule has 0 bridgehead atoms. The Morgan fingerprint density at radius 2 is 2.16 bits per heavy atom. The molecule has 5 heteroatoms. The number of carbonyl (C=O) groups is 1. The first-order valence-corrected chi connectivity index (χ1v) is 6.13. The zero-order chi connectivity index (χ0) is 13.4. The quantitative estimate of drug-likeness (QED) is 0.810. The van der Waals surface area contributed by atoms with Crippen LogP contribution >= 0.6 is 0 Å². The molecule has 96 valence electrons. The van der Waals surface area contributed by atoms with Crippen molar-refractivity contribution in [3.05, 3.63) is 47.2 Å². The van der Waals surface area contributed by atoms with E-state index < -0.39 is 0 Å². The molecule has 2 heterocycles. The van der Waals surface area contributed by atoms with Crippen molar-refractivity contribution >= 4 is 17.7 Å². The van der Waals surface area contributed by atoms with E-state index in [9.17, 15) is 4.79 Å². The molecule has 0 spiro atoms. The second-order valence-corrected chi connectivity index (χ2v) is 4.70. The van der Waals surface area contributed by atoms with Gasteiger partial charge < -0.3 is 11.1 Å². The Balaban J connectivity index is 2.01. The largest absolute Gasteiger partial charge is 0.368 e. The van der Waals surface area contributed by atoms with Crippen molar-refractivity contribution in [1.82, 2.24) is 9.97 Å². The number of amides is 1. The average molecular weight is 254 g/mol. The number of benzene rings is 1. The molecule has 5 nitrogen and oxygen atoms in total. The minimum absolute atomic E-state index is 0.0418. The summed E-state index contributed by atoms with van der Waals surface area (Å²) in [6.07, 6.45) is 2.29. The summed E-state index contributed by atoms with van der Waals surface area (Å²) in [4.78, 5) is 20.2. The van der Waals surface area contributed by atoms with Gasteiger partial charge in [0.25, 0.3) is 0 Å². The summed E-state index contributed by atoms with van der Waals surface area (Å²) >= 11 is 0. The number of nitrogens with two attached hydrogens (primary N) is 1. The predicted octanol–water partition coefficient (Wildman–Crippen LogP) is 1.65. The smallest absolute Gasteiger partial charge is 0.233 e. The van der Waals surface area contributed by atoms with E-state index in [0.29, 0.717) is 12.2 Å². The van der Waals surface area contributed by atoms with Gasteiger partial charge in [-0.25, -0.2) is 4.98 Å². The van der Waals surface area contributed by atoms with Crippen LogP contribution in [0.5, 0.6) is 0 Å². The first-order valence-electron chi connectivity index (χ1n) is 6.13. The van der Waals surface area contributed by atoms with Crippen LogP contribution in [0.15, 0.2) is 30.5 Å². The molecular formula is C14H14N4O. The van der Waals surface area contributed by atoms with Gasteiger partial charge in [0.1, 0.15) is 5.82 Å². The highest BCUT2D eigenvalue weighted by Gasteiger charge is 2.29. The van der Waals surface area contributed by atoms with Crippen LogP contribution in [0.4, 0.5) is 11.8 Å². The van der Waals surface area contributed by atoms with Gasteiger partial charge in [0.05, 0.1) is 5.92 Å². The first-order chi connectivity index (χ1) is 9.15. The fraction of sp³-hybridized carbons (Fsp3) is 0.214. The number of rotatable bonds is 1. The maximum absolute atomic E-state index is 12.2. The van der Waals surface area contributed by atoms with Crippen LogP contribution in [0, 0.1) is 6.92 Å². The van der Waals surface area contributed by atoms with Gasteiger partial charge in [-0.3, -0.25) is 4.79 Å².